The minimum absolute atomic E-state index is 0.0477. The average molecular weight is 463 g/mol. The molecule has 30 heavy (non-hydrogen) atoms. The van der Waals surface area contributed by atoms with Gasteiger partial charge in [0.2, 0.25) is 11.1 Å². The highest BCUT2D eigenvalue weighted by molar-refractivity contribution is 7.99. The molecule has 1 amide bonds. The van der Waals surface area contributed by atoms with Crippen molar-refractivity contribution in [3.8, 4) is 5.75 Å². The van der Waals surface area contributed by atoms with Crippen LogP contribution in [-0.4, -0.2) is 38.9 Å². The Balaban J connectivity index is 1.54. The summed E-state index contributed by atoms with van der Waals surface area (Å²) in [5, 5.41) is 10.8. The number of nitrogens with one attached hydrogen (secondary N) is 2. The Bertz CT molecular complexity index is 1040. The Morgan fingerprint density at radius 1 is 1.20 bits per heavy atom. The maximum absolute atomic E-state index is 12.5. The van der Waals surface area contributed by atoms with Crippen LogP contribution in [0.15, 0.2) is 52.5 Å². The Morgan fingerprint density at radius 2 is 1.97 bits per heavy atom. The molecule has 0 atom stereocenters. The van der Waals surface area contributed by atoms with E-state index < -0.39 is 0 Å². The molecule has 0 fully saturated rings. The zero-order valence-electron chi connectivity index (χ0n) is 16.3. The van der Waals surface area contributed by atoms with Crippen LogP contribution >= 0.6 is 35.1 Å². The van der Waals surface area contributed by atoms with E-state index in [-0.39, 0.29) is 24.1 Å². The Labute approximate surface area is 187 Å². The van der Waals surface area contributed by atoms with E-state index in [0.717, 1.165) is 4.90 Å². The van der Waals surface area contributed by atoms with E-state index in [0.29, 0.717) is 33.0 Å². The van der Waals surface area contributed by atoms with Crippen molar-refractivity contribution in [3.63, 3.8) is 0 Å². The molecule has 0 saturated carbocycles. The molecule has 0 aliphatic rings. The van der Waals surface area contributed by atoms with Gasteiger partial charge in [-0.15, -0.1) is 16.9 Å². The molecule has 0 saturated heterocycles. The van der Waals surface area contributed by atoms with Crippen LogP contribution in [-0.2, 0) is 11.4 Å². The molecule has 2 aromatic carbocycles. The molecule has 0 spiro atoms. The van der Waals surface area contributed by atoms with Crippen LogP contribution in [0.3, 0.4) is 0 Å². The predicted octanol–water partition coefficient (Wildman–Crippen LogP) is 4.69. The molecule has 0 unspecified atom stereocenters. The summed E-state index contributed by atoms with van der Waals surface area (Å²) >= 11 is 8.56. The number of rotatable bonds is 9. The summed E-state index contributed by atoms with van der Waals surface area (Å²) in [6.45, 7) is 1.68. The van der Waals surface area contributed by atoms with Crippen LogP contribution in [0, 0.1) is 0 Å². The lowest BCUT2D eigenvalue weighted by Crippen LogP contribution is -2.08. The molecule has 3 aromatic rings. The lowest BCUT2D eigenvalue weighted by atomic mass is 10.1. The molecule has 2 N–H and O–H groups in total. The molecule has 3 rings (SSSR count). The summed E-state index contributed by atoms with van der Waals surface area (Å²) in [5.74, 6) is 1.23. The zero-order chi connectivity index (χ0) is 21.5. The van der Waals surface area contributed by atoms with Gasteiger partial charge in [0.05, 0.1) is 11.4 Å². The summed E-state index contributed by atoms with van der Waals surface area (Å²) < 4.78 is 5.62. The number of halogens is 1. The summed E-state index contributed by atoms with van der Waals surface area (Å²) in [5.41, 5.74) is 1.27. The summed E-state index contributed by atoms with van der Waals surface area (Å²) in [7, 11) is 0. The first-order chi connectivity index (χ1) is 14.4. The lowest BCUT2D eigenvalue weighted by molar-refractivity contribution is -0.114. The molecule has 1 heterocycles. The number of benzene rings is 2. The van der Waals surface area contributed by atoms with Gasteiger partial charge in [0.15, 0.2) is 11.6 Å². The fraction of sp³-hybridized carbons (Fsp3) is 0.200. The maximum atomic E-state index is 12.5. The van der Waals surface area contributed by atoms with Crippen molar-refractivity contribution in [2.24, 2.45) is 0 Å². The molecule has 0 aliphatic carbocycles. The van der Waals surface area contributed by atoms with E-state index in [2.05, 4.69) is 20.5 Å². The molecule has 7 nitrogen and oxygen atoms in total. The Hall–Kier alpha value is -2.49. The number of nitrogens with zero attached hydrogens (tertiary/aromatic N) is 2. The third-order valence-electron chi connectivity index (χ3n) is 3.87. The van der Waals surface area contributed by atoms with Crippen LogP contribution in [0.5, 0.6) is 5.75 Å². The number of aromatic amines is 1. The van der Waals surface area contributed by atoms with Crippen molar-refractivity contribution < 1.29 is 14.3 Å². The van der Waals surface area contributed by atoms with Gasteiger partial charge < -0.3 is 10.1 Å². The second-order valence-corrected chi connectivity index (χ2v) is 8.34. The van der Waals surface area contributed by atoms with E-state index in [1.165, 1.54) is 30.4 Å². The van der Waals surface area contributed by atoms with Gasteiger partial charge in [-0.2, -0.15) is 0 Å². The third-order valence-corrected chi connectivity index (χ3v) is 5.74. The second-order valence-electron chi connectivity index (χ2n) is 6.12. The standard InChI is InChI=1S/C20H19ClN4O3S2/c1-12(26)22-16-8-3-13(9-18(16)29-2)17(27)11-30-20-23-19(24-25-20)10-28-15-6-4-14(21)5-7-15/h3-9H,10-11H2,1-2H3,(H,22,26)(H,23,24,25). The fourth-order valence-corrected chi connectivity index (χ4v) is 3.88. The van der Waals surface area contributed by atoms with Crippen molar-refractivity contribution in [2.45, 2.75) is 23.6 Å². The van der Waals surface area contributed by atoms with E-state index >= 15 is 0 Å². The maximum Gasteiger partial charge on any atom is 0.221 e. The minimum Gasteiger partial charge on any atom is -0.486 e. The molecule has 156 valence electrons. The third kappa shape index (κ3) is 6.25. The number of hydrogen-bond donors (Lipinski definition) is 2. The van der Waals surface area contributed by atoms with E-state index in [1.807, 2.05) is 6.26 Å². The minimum atomic E-state index is -0.152. The second kappa shape index (κ2) is 10.5. The SMILES string of the molecule is CSc1cc(C(=O)CSc2n[nH]c(COc3ccc(Cl)cc3)n2)ccc1NC(C)=O. The van der Waals surface area contributed by atoms with Gasteiger partial charge in [0, 0.05) is 22.4 Å². The quantitative estimate of drug-likeness (QED) is 0.351. The molecule has 10 heteroatoms. The number of ether oxygens (including phenoxy) is 1. The van der Waals surface area contributed by atoms with Crippen molar-refractivity contribution in [2.75, 3.05) is 17.3 Å². The number of H-pyrrole nitrogens is 1. The number of carbonyl (C=O) groups excluding carboxylic acids is 2. The number of anilines is 1. The Morgan fingerprint density at radius 3 is 2.67 bits per heavy atom. The van der Waals surface area contributed by atoms with Gasteiger partial charge in [-0.25, -0.2) is 4.98 Å². The monoisotopic (exact) mass is 462 g/mol. The lowest BCUT2D eigenvalue weighted by Gasteiger charge is -2.09. The molecule has 0 aliphatic heterocycles. The first kappa shape index (κ1) is 22.2. The number of thioether (sulfide) groups is 2. The van der Waals surface area contributed by atoms with Crippen LogP contribution in [0.1, 0.15) is 23.1 Å². The van der Waals surface area contributed by atoms with Crippen molar-refractivity contribution in [3.05, 3.63) is 58.9 Å². The number of aromatic nitrogens is 3. The predicted molar refractivity (Wildman–Crippen MR) is 120 cm³/mol. The van der Waals surface area contributed by atoms with Crippen LogP contribution in [0.4, 0.5) is 5.69 Å². The topological polar surface area (TPSA) is 97.0 Å². The van der Waals surface area contributed by atoms with Crippen LogP contribution in [0.2, 0.25) is 5.02 Å². The average Bonchev–Trinajstić information content (AvgIpc) is 3.19. The van der Waals surface area contributed by atoms with Gasteiger partial charge in [0.1, 0.15) is 12.4 Å². The largest absolute Gasteiger partial charge is 0.486 e. The number of Topliss-reactive ketones (excluding diaryl/α,β-unsaturated/α-hetero) is 1. The van der Waals surface area contributed by atoms with Gasteiger partial charge in [-0.3, -0.25) is 14.7 Å². The van der Waals surface area contributed by atoms with Crippen molar-refractivity contribution in [1.29, 1.82) is 0 Å². The highest BCUT2D eigenvalue weighted by Gasteiger charge is 2.13. The first-order valence-corrected chi connectivity index (χ1v) is 11.4. The normalized spacial score (nSPS) is 10.6. The van der Waals surface area contributed by atoms with Gasteiger partial charge in [-0.05, 0) is 48.7 Å². The van der Waals surface area contributed by atoms with Gasteiger partial charge in [0.25, 0.3) is 0 Å². The summed E-state index contributed by atoms with van der Waals surface area (Å²) in [6, 6.07) is 12.3. The Kier molecular flexibility index (Phi) is 7.78. The highest BCUT2D eigenvalue weighted by atomic mass is 35.5. The molecular formula is C20H19ClN4O3S2. The fourth-order valence-electron chi connectivity index (χ4n) is 2.46. The van der Waals surface area contributed by atoms with Crippen molar-refractivity contribution >= 4 is 52.5 Å². The smallest absolute Gasteiger partial charge is 0.221 e. The number of ketones is 1. The van der Waals surface area contributed by atoms with Crippen LogP contribution in [0.25, 0.3) is 0 Å². The first-order valence-electron chi connectivity index (χ1n) is 8.86. The van der Waals surface area contributed by atoms with Gasteiger partial charge in [-0.1, -0.05) is 23.4 Å². The number of hydrogen-bond acceptors (Lipinski definition) is 7. The number of carbonyl (C=O) groups is 2. The van der Waals surface area contributed by atoms with E-state index in [1.54, 1.807) is 42.5 Å². The molecular weight excluding hydrogens is 444 g/mol. The zero-order valence-corrected chi connectivity index (χ0v) is 18.7. The van der Waals surface area contributed by atoms with Gasteiger partial charge >= 0.3 is 0 Å². The summed E-state index contributed by atoms with van der Waals surface area (Å²) in [6.07, 6.45) is 1.89. The number of amides is 1. The highest BCUT2D eigenvalue weighted by Crippen LogP contribution is 2.27. The van der Waals surface area contributed by atoms with E-state index in [9.17, 15) is 9.59 Å². The summed E-state index contributed by atoms with van der Waals surface area (Å²) in [4.78, 5) is 29.0. The molecule has 1 aromatic heterocycles. The molecule has 0 radical (unpaired) electrons. The van der Waals surface area contributed by atoms with Crippen molar-refractivity contribution in [1.82, 2.24) is 15.2 Å². The van der Waals surface area contributed by atoms with Crippen LogP contribution < -0.4 is 10.1 Å². The molecule has 0 bridgehead atoms. The van der Waals surface area contributed by atoms with E-state index in [4.69, 9.17) is 16.3 Å².